The molecule has 1 saturated heterocycles. The van der Waals surface area contributed by atoms with Crippen molar-refractivity contribution in [2.75, 3.05) is 23.8 Å². The van der Waals surface area contributed by atoms with E-state index in [-0.39, 0.29) is 23.0 Å². The Balaban J connectivity index is 1.39. The third-order valence-corrected chi connectivity index (χ3v) is 6.46. The molecule has 0 unspecified atom stereocenters. The number of esters is 1. The number of amides is 3. The van der Waals surface area contributed by atoms with Gasteiger partial charge in [0.25, 0.3) is 5.91 Å². The highest BCUT2D eigenvalue weighted by Crippen LogP contribution is 2.34. The maximum atomic E-state index is 12.9. The molecule has 1 aliphatic heterocycles. The number of hydrogen-bond donors (Lipinski definition) is 2. The molecule has 1 atom stereocenters. The monoisotopic (exact) mass is 499 g/mol. The zero-order chi connectivity index (χ0) is 24.1. The lowest BCUT2D eigenvalue weighted by Crippen LogP contribution is -2.34. The largest absolute Gasteiger partial charge is 0.462 e. The Hall–Kier alpha value is -3.50. The number of anilines is 2. The minimum absolute atomic E-state index is 0.215. The Morgan fingerprint density at radius 1 is 1.06 bits per heavy atom. The number of likely N-dealkylation sites (tertiary alicyclic amines) is 1. The van der Waals surface area contributed by atoms with Crippen LogP contribution in [-0.2, 0) is 4.74 Å². The second kappa shape index (κ2) is 10.6. The lowest BCUT2D eigenvalue weighted by Gasteiger charge is -2.23. The standard InChI is InChI=1S/C23H22ClN5O4S/c1-2-33-22(31)14-5-9-17(10-6-14)26-23(32)29-13-3-4-18(29)20-27-28-21(34-20)19(30)25-16-11-7-15(24)8-12-16/h5-12,18H,2-4,13H2,1H3,(H,25,30)(H,26,32)/t18-/m0/s1. The molecule has 0 bridgehead atoms. The Morgan fingerprint density at radius 3 is 2.44 bits per heavy atom. The summed E-state index contributed by atoms with van der Waals surface area (Å²) in [6.45, 7) is 2.60. The van der Waals surface area contributed by atoms with Gasteiger partial charge in [0.15, 0.2) is 0 Å². The average Bonchev–Trinajstić information content (AvgIpc) is 3.51. The molecule has 1 aliphatic rings. The summed E-state index contributed by atoms with van der Waals surface area (Å²) in [5, 5.41) is 15.2. The van der Waals surface area contributed by atoms with E-state index in [1.807, 2.05) is 0 Å². The summed E-state index contributed by atoms with van der Waals surface area (Å²) in [6, 6.07) is 12.7. The van der Waals surface area contributed by atoms with Gasteiger partial charge in [0.1, 0.15) is 5.01 Å². The van der Waals surface area contributed by atoms with Crippen LogP contribution in [0, 0.1) is 0 Å². The fourth-order valence-electron chi connectivity index (χ4n) is 3.54. The van der Waals surface area contributed by atoms with E-state index in [1.165, 1.54) is 0 Å². The Labute approximate surface area is 205 Å². The molecule has 4 rings (SSSR count). The number of rotatable bonds is 6. The molecule has 9 nitrogen and oxygen atoms in total. The van der Waals surface area contributed by atoms with Gasteiger partial charge in [0, 0.05) is 22.9 Å². The predicted octanol–water partition coefficient (Wildman–Crippen LogP) is 4.99. The lowest BCUT2D eigenvalue weighted by molar-refractivity contribution is 0.0526. The van der Waals surface area contributed by atoms with Gasteiger partial charge in [-0.15, -0.1) is 10.2 Å². The van der Waals surface area contributed by atoms with Crippen molar-refractivity contribution in [3.63, 3.8) is 0 Å². The average molecular weight is 500 g/mol. The molecule has 11 heteroatoms. The Morgan fingerprint density at radius 2 is 1.74 bits per heavy atom. The van der Waals surface area contributed by atoms with Gasteiger partial charge in [0.05, 0.1) is 18.2 Å². The van der Waals surface area contributed by atoms with Gasteiger partial charge in [-0.2, -0.15) is 0 Å². The molecule has 3 aromatic rings. The predicted molar refractivity (Wildman–Crippen MR) is 129 cm³/mol. The first-order valence-electron chi connectivity index (χ1n) is 10.7. The fraction of sp³-hybridized carbons (Fsp3) is 0.261. The molecule has 3 amide bonds. The van der Waals surface area contributed by atoms with Crippen molar-refractivity contribution >= 4 is 52.2 Å². The van der Waals surface area contributed by atoms with Crippen LogP contribution in [0.25, 0.3) is 0 Å². The van der Waals surface area contributed by atoms with E-state index in [0.717, 1.165) is 24.2 Å². The van der Waals surface area contributed by atoms with Gasteiger partial charge in [-0.1, -0.05) is 22.9 Å². The summed E-state index contributed by atoms with van der Waals surface area (Å²) < 4.78 is 4.97. The van der Waals surface area contributed by atoms with Gasteiger partial charge >= 0.3 is 12.0 Å². The third-order valence-electron chi connectivity index (χ3n) is 5.18. The molecule has 0 spiro atoms. The number of aromatic nitrogens is 2. The summed E-state index contributed by atoms with van der Waals surface area (Å²) in [5.41, 5.74) is 1.57. The molecular formula is C23H22ClN5O4S. The van der Waals surface area contributed by atoms with E-state index in [0.29, 0.717) is 40.1 Å². The maximum absolute atomic E-state index is 12.9. The van der Waals surface area contributed by atoms with Crippen molar-refractivity contribution in [2.24, 2.45) is 0 Å². The highest BCUT2D eigenvalue weighted by Gasteiger charge is 2.33. The minimum atomic E-state index is -0.410. The number of carbonyl (C=O) groups is 3. The number of hydrogen-bond acceptors (Lipinski definition) is 7. The number of nitrogens with one attached hydrogen (secondary N) is 2. The van der Waals surface area contributed by atoms with E-state index >= 15 is 0 Å². The third kappa shape index (κ3) is 5.52. The highest BCUT2D eigenvalue weighted by molar-refractivity contribution is 7.13. The highest BCUT2D eigenvalue weighted by atomic mass is 35.5. The SMILES string of the molecule is CCOC(=O)c1ccc(NC(=O)N2CCC[C@H]2c2nnc(C(=O)Nc3ccc(Cl)cc3)s2)cc1. The van der Waals surface area contributed by atoms with Crippen LogP contribution in [0.1, 0.15) is 51.0 Å². The number of urea groups is 1. The van der Waals surface area contributed by atoms with Crippen molar-refractivity contribution in [1.82, 2.24) is 15.1 Å². The number of ether oxygens (including phenoxy) is 1. The first-order valence-corrected chi connectivity index (χ1v) is 11.9. The van der Waals surface area contributed by atoms with Gasteiger partial charge in [-0.25, -0.2) is 9.59 Å². The number of nitrogens with zero attached hydrogens (tertiary/aromatic N) is 3. The van der Waals surface area contributed by atoms with Crippen molar-refractivity contribution in [2.45, 2.75) is 25.8 Å². The first kappa shape index (κ1) is 23.7. The number of carbonyl (C=O) groups excluding carboxylic acids is 3. The van der Waals surface area contributed by atoms with E-state index < -0.39 is 5.97 Å². The van der Waals surface area contributed by atoms with Crippen molar-refractivity contribution in [3.8, 4) is 0 Å². The van der Waals surface area contributed by atoms with Crippen LogP contribution in [0.15, 0.2) is 48.5 Å². The molecule has 2 heterocycles. The summed E-state index contributed by atoms with van der Waals surface area (Å²) in [6.07, 6.45) is 1.54. The second-order valence-corrected chi connectivity index (χ2v) is 8.93. The van der Waals surface area contributed by atoms with E-state index in [1.54, 1.807) is 60.4 Å². The van der Waals surface area contributed by atoms with Crippen LogP contribution in [0.3, 0.4) is 0 Å². The Kier molecular flexibility index (Phi) is 7.39. The molecule has 0 radical (unpaired) electrons. The molecule has 34 heavy (non-hydrogen) atoms. The van der Waals surface area contributed by atoms with Gasteiger partial charge in [-0.05, 0) is 68.3 Å². The molecule has 0 aliphatic carbocycles. The van der Waals surface area contributed by atoms with Crippen LogP contribution < -0.4 is 10.6 Å². The smallest absolute Gasteiger partial charge is 0.338 e. The van der Waals surface area contributed by atoms with Crippen molar-refractivity contribution in [3.05, 3.63) is 69.1 Å². The number of halogens is 1. The van der Waals surface area contributed by atoms with Gasteiger partial charge < -0.3 is 20.3 Å². The minimum Gasteiger partial charge on any atom is -0.462 e. The summed E-state index contributed by atoms with van der Waals surface area (Å²) in [5.74, 6) is -0.783. The molecule has 2 N–H and O–H groups in total. The van der Waals surface area contributed by atoms with Crippen LogP contribution in [0.5, 0.6) is 0 Å². The maximum Gasteiger partial charge on any atom is 0.338 e. The summed E-state index contributed by atoms with van der Waals surface area (Å²) in [4.78, 5) is 38.9. The summed E-state index contributed by atoms with van der Waals surface area (Å²) >= 11 is 7.04. The van der Waals surface area contributed by atoms with E-state index in [2.05, 4.69) is 20.8 Å². The first-order chi connectivity index (χ1) is 16.4. The van der Waals surface area contributed by atoms with Crippen LogP contribution in [-0.4, -0.2) is 46.2 Å². The Bertz CT molecular complexity index is 1180. The zero-order valence-electron chi connectivity index (χ0n) is 18.3. The molecule has 0 saturated carbocycles. The quantitative estimate of drug-likeness (QED) is 0.462. The van der Waals surface area contributed by atoms with Crippen LogP contribution in [0.4, 0.5) is 16.2 Å². The van der Waals surface area contributed by atoms with Crippen molar-refractivity contribution in [1.29, 1.82) is 0 Å². The normalized spacial score (nSPS) is 15.1. The summed E-state index contributed by atoms with van der Waals surface area (Å²) in [7, 11) is 0. The van der Waals surface area contributed by atoms with Crippen molar-refractivity contribution < 1.29 is 19.1 Å². The topological polar surface area (TPSA) is 114 Å². The fourth-order valence-corrected chi connectivity index (χ4v) is 4.56. The molecule has 1 aromatic heterocycles. The molecule has 2 aromatic carbocycles. The zero-order valence-corrected chi connectivity index (χ0v) is 19.9. The molecule has 176 valence electrons. The van der Waals surface area contributed by atoms with Crippen LogP contribution >= 0.6 is 22.9 Å². The van der Waals surface area contributed by atoms with E-state index in [4.69, 9.17) is 16.3 Å². The van der Waals surface area contributed by atoms with Gasteiger partial charge in [-0.3, -0.25) is 4.79 Å². The number of benzene rings is 2. The molecular weight excluding hydrogens is 478 g/mol. The van der Waals surface area contributed by atoms with Gasteiger partial charge in [0.2, 0.25) is 5.01 Å². The van der Waals surface area contributed by atoms with Crippen LogP contribution in [0.2, 0.25) is 5.02 Å². The molecule has 1 fully saturated rings. The van der Waals surface area contributed by atoms with E-state index in [9.17, 15) is 14.4 Å². The lowest BCUT2D eigenvalue weighted by atomic mass is 10.2. The second-order valence-electron chi connectivity index (χ2n) is 7.49.